The lowest BCUT2D eigenvalue weighted by Crippen LogP contribution is -2.01. The molecule has 8 nitrogen and oxygen atoms in total. The molecule has 0 aliphatic carbocycles. The van der Waals surface area contributed by atoms with Crippen molar-refractivity contribution in [1.29, 1.82) is 0 Å². The highest BCUT2D eigenvalue weighted by Crippen LogP contribution is 2.25. The highest BCUT2D eigenvalue weighted by Gasteiger charge is 2.15. The summed E-state index contributed by atoms with van der Waals surface area (Å²) in [4.78, 5) is 0. The van der Waals surface area contributed by atoms with Crippen LogP contribution in [0.1, 0.15) is 5.69 Å². The average molecular weight is 270 g/mol. The van der Waals surface area contributed by atoms with Crippen molar-refractivity contribution >= 4 is 11.4 Å². The van der Waals surface area contributed by atoms with Crippen molar-refractivity contribution in [3.63, 3.8) is 0 Å². The molecule has 0 saturated carbocycles. The first kappa shape index (κ1) is 12.2. The molecular formula is C12H14N8. The Bertz CT molecular complexity index is 749. The Morgan fingerprint density at radius 1 is 1.10 bits per heavy atom. The minimum atomic E-state index is 0.567. The number of hydrogen-bond donors (Lipinski definition) is 2. The van der Waals surface area contributed by atoms with E-state index >= 15 is 0 Å². The minimum Gasteiger partial charge on any atom is -0.399 e. The Morgan fingerprint density at radius 2 is 1.80 bits per heavy atom. The van der Waals surface area contributed by atoms with Crippen molar-refractivity contribution < 1.29 is 0 Å². The zero-order valence-corrected chi connectivity index (χ0v) is 11.1. The van der Waals surface area contributed by atoms with Gasteiger partial charge < -0.3 is 11.5 Å². The van der Waals surface area contributed by atoms with E-state index in [-0.39, 0.29) is 0 Å². The summed E-state index contributed by atoms with van der Waals surface area (Å²) in [5.74, 6) is 0.570. The van der Waals surface area contributed by atoms with Crippen LogP contribution >= 0.6 is 0 Å². The summed E-state index contributed by atoms with van der Waals surface area (Å²) in [6, 6.07) is 5.25. The van der Waals surface area contributed by atoms with Crippen LogP contribution in [0.2, 0.25) is 0 Å². The van der Waals surface area contributed by atoms with Crippen molar-refractivity contribution in [3.8, 4) is 17.1 Å². The number of nitrogen functional groups attached to an aromatic ring is 2. The Labute approximate surface area is 115 Å². The molecule has 4 N–H and O–H groups in total. The number of benzene rings is 1. The van der Waals surface area contributed by atoms with Crippen LogP contribution in [0.4, 0.5) is 11.4 Å². The second kappa shape index (κ2) is 4.34. The summed E-state index contributed by atoms with van der Waals surface area (Å²) in [5.41, 5.74) is 15.2. The fourth-order valence-electron chi connectivity index (χ4n) is 2.13. The number of aryl methyl sites for hydroxylation is 2. The van der Waals surface area contributed by atoms with E-state index in [4.69, 9.17) is 11.5 Å². The first-order chi connectivity index (χ1) is 9.54. The predicted molar refractivity (Wildman–Crippen MR) is 74.9 cm³/mol. The molecule has 1 aromatic carbocycles. The molecule has 0 atom stereocenters. The van der Waals surface area contributed by atoms with Crippen LogP contribution in [0.25, 0.3) is 17.1 Å². The van der Waals surface area contributed by atoms with E-state index < -0.39 is 0 Å². The fraction of sp³-hybridized carbons (Fsp3) is 0.167. The van der Waals surface area contributed by atoms with Gasteiger partial charge in [-0.25, -0.2) is 0 Å². The van der Waals surface area contributed by atoms with E-state index in [2.05, 4.69) is 20.6 Å². The van der Waals surface area contributed by atoms with Gasteiger partial charge in [-0.3, -0.25) is 4.68 Å². The van der Waals surface area contributed by atoms with Gasteiger partial charge in [0, 0.05) is 24.0 Å². The van der Waals surface area contributed by atoms with Gasteiger partial charge in [-0.2, -0.15) is 9.78 Å². The average Bonchev–Trinajstić information content (AvgIpc) is 2.94. The number of rotatable bonds is 2. The SMILES string of the molecule is Cc1nn(C)cc1-n1nnnc1-c1cc(N)cc(N)c1. The van der Waals surface area contributed by atoms with Crippen LogP contribution in [0.5, 0.6) is 0 Å². The van der Waals surface area contributed by atoms with Crippen LogP contribution in [0.15, 0.2) is 24.4 Å². The van der Waals surface area contributed by atoms with Gasteiger partial charge in [-0.15, -0.1) is 5.10 Å². The molecule has 0 aliphatic heterocycles. The van der Waals surface area contributed by atoms with Crippen LogP contribution in [0.3, 0.4) is 0 Å². The highest BCUT2D eigenvalue weighted by molar-refractivity contribution is 5.68. The van der Waals surface area contributed by atoms with Gasteiger partial charge in [0.05, 0.1) is 11.9 Å². The van der Waals surface area contributed by atoms with Crippen molar-refractivity contribution in [2.45, 2.75) is 6.92 Å². The quantitative estimate of drug-likeness (QED) is 0.657. The number of tetrazole rings is 1. The summed E-state index contributed by atoms with van der Waals surface area (Å²) < 4.78 is 3.33. The Balaban J connectivity index is 2.17. The molecule has 2 aromatic heterocycles. The summed E-state index contributed by atoms with van der Waals surface area (Å²) in [7, 11) is 1.85. The minimum absolute atomic E-state index is 0.567. The van der Waals surface area contributed by atoms with Crippen LogP contribution in [-0.2, 0) is 7.05 Å². The predicted octanol–water partition coefficient (Wildman–Crippen LogP) is 0.536. The summed E-state index contributed by atoms with van der Waals surface area (Å²) >= 11 is 0. The Hall–Kier alpha value is -2.90. The highest BCUT2D eigenvalue weighted by atomic mass is 15.5. The summed E-state index contributed by atoms with van der Waals surface area (Å²) in [6.07, 6.45) is 1.85. The van der Waals surface area contributed by atoms with Gasteiger partial charge in [0.15, 0.2) is 5.82 Å². The maximum atomic E-state index is 5.81. The number of hydrogen-bond acceptors (Lipinski definition) is 6. The van der Waals surface area contributed by atoms with Crippen LogP contribution in [-0.4, -0.2) is 30.0 Å². The van der Waals surface area contributed by atoms with Gasteiger partial charge in [0.1, 0.15) is 5.69 Å². The van der Waals surface area contributed by atoms with Gasteiger partial charge in [0.25, 0.3) is 0 Å². The molecule has 3 rings (SSSR count). The molecule has 20 heavy (non-hydrogen) atoms. The third-order valence-electron chi connectivity index (χ3n) is 2.92. The number of anilines is 2. The summed E-state index contributed by atoms with van der Waals surface area (Å²) in [6.45, 7) is 1.90. The molecule has 8 heteroatoms. The van der Waals surface area contributed by atoms with Gasteiger partial charge >= 0.3 is 0 Å². The van der Waals surface area contributed by atoms with Crippen molar-refractivity contribution in [3.05, 3.63) is 30.1 Å². The lowest BCUT2D eigenvalue weighted by atomic mass is 10.1. The normalized spacial score (nSPS) is 10.9. The van der Waals surface area contributed by atoms with E-state index in [1.54, 1.807) is 27.6 Å². The molecule has 0 radical (unpaired) electrons. The van der Waals surface area contributed by atoms with Crippen molar-refractivity contribution in [1.82, 2.24) is 30.0 Å². The number of nitrogens with two attached hydrogens (primary N) is 2. The van der Waals surface area contributed by atoms with E-state index in [0.29, 0.717) is 17.2 Å². The first-order valence-electron chi connectivity index (χ1n) is 6.00. The first-order valence-corrected chi connectivity index (χ1v) is 6.00. The molecule has 0 bridgehead atoms. The van der Waals surface area contributed by atoms with E-state index in [0.717, 1.165) is 16.9 Å². The lowest BCUT2D eigenvalue weighted by molar-refractivity contribution is 0.755. The second-order valence-electron chi connectivity index (χ2n) is 4.58. The zero-order chi connectivity index (χ0) is 14.3. The zero-order valence-electron chi connectivity index (χ0n) is 11.1. The maximum Gasteiger partial charge on any atom is 0.187 e. The number of nitrogens with zero attached hydrogens (tertiary/aromatic N) is 6. The fourth-order valence-corrected chi connectivity index (χ4v) is 2.13. The molecule has 0 saturated heterocycles. The molecule has 0 aliphatic rings. The molecule has 0 amide bonds. The molecular weight excluding hydrogens is 256 g/mol. The molecule has 2 heterocycles. The molecule has 0 unspecified atom stereocenters. The van der Waals surface area contributed by atoms with Gasteiger partial charge in [-0.1, -0.05) is 0 Å². The van der Waals surface area contributed by atoms with Crippen LogP contribution < -0.4 is 11.5 Å². The largest absolute Gasteiger partial charge is 0.399 e. The van der Waals surface area contributed by atoms with Crippen molar-refractivity contribution in [2.75, 3.05) is 11.5 Å². The van der Waals surface area contributed by atoms with E-state index in [1.165, 1.54) is 0 Å². The number of aromatic nitrogens is 6. The summed E-state index contributed by atoms with van der Waals surface area (Å²) in [5, 5.41) is 16.1. The van der Waals surface area contributed by atoms with Gasteiger partial charge in [-0.05, 0) is 35.5 Å². The third kappa shape index (κ3) is 1.96. The second-order valence-corrected chi connectivity index (χ2v) is 4.58. The molecule has 0 fully saturated rings. The topological polar surface area (TPSA) is 113 Å². The third-order valence-corrected chi connectivity index (χ3v) is 2.92. The van der Waals surface area contributed by atoms with Crippen LogP contribution in [0, 0.1) is 6.92 Å². The Morgan fingerprint density at radius 3 is 2.40 bits per heavy atom. The van der Waals surface area contributed by atoms with E-state index in [1.807, 2.05) is 20.2 Å². The standard InChI is InChI=1S/C12H14N8/c1-7-11(6-19(2)16-7)20-12(15-17-18-20)8-3-9(13)5-10(14)4-8/h3-6H,13-14H2,1-2H3. The molecule has 102 valence electrons. The van der Waals surface area contributed by atoms with E-state index in [9.17, 15) is 0 Å². The molecule has 0 spiro atoms. The lowest BCUT2D eigenvalue weighted by Gasteiger charge is -2.05. The van der Waals surface area contributed by atoms with Crippen molar-refractivity contribution in [2.24, 2.45) is 7.05 Å². The van der Waals surface area contributed by atoms with Gasteiger partial charge in [0.2, 0.25) is 0 Å². The monoisotopic (exact) mass is 270 g/mol. The smallest absolute Gasteiger partial charge is 0.187 e. The Kier molecular flexibility index (Phi) is 2.63. The molecule has 3 aromatic rings. The maximum absolute atomic E-state index is 5.81.